The summed E-state index contributed by atoms with van der Waals surface area (Å²) < 4.78 is 15.7. The zero-order valence-corrected chi connectivity index (χ0v) is 69.4. The number of rotatable bonds is 7. The van der Waals surface area contributed by atoms with Gasteiger partial charge in [-0.25, -0.2) is 0 Å². The summed E-state index contributed by atoms with van der Waals surface area (Å²) >= 11 is 3.70. The van der Waals surface area contributed by atoms with E-state index in [-0.39, 0.29) is 10.8 Å². The number of benzene rings is 18. The van der Waals surface area contributed by atoms with Crippen LogP contribution >= 0.6 is 15.9 Å². The molecule has 0 radical (unpaired) electrons. The number of aromatic nitrogens is 6. The first-order valence-electron chi connectivity index (χ1n) is 42.2. The summed E-state index contributed by atoms with van der Waals surface area (Å²) in [5, 5.41) is 15.1. The molecule has 0 aliphatic carbocycles. The van der Waals surface area contributed by atoms with Crippen LogP contribution in [0.25, 0.3) is 176 Å². The van der Waals surface area contributed by atoms with E-state index in [2.05, 4.69) is 488 Å². The molecule has 122 heavy (non-hydrogen) atoms. The van der Waals surface area contributed by atoms with Gasteiger partial charge in [-0.3, -0.25) is 0 Å². The summed E-state index contributed by atoms with van der Waals surface area (Å²) in [7, 11) is 0. The fraction of sp³-hybridized carbons (Fsp3) is 0.0526. The van der Waals surface area contributed by atoms with Gasteiger partial charge >= 0.3 is 0 Å². The lowest BCUT2D eigenvalue weighted by Crippen LogP contribution is -2.38. The molecule has 0 N–H and O–H groups in total. The average Bonchev–Trinajstić information content (AvgIpc) is 1.45. The molecule has 0 unspecified atom stereocenters. The van der Waals surface area contributed by atoms with Crippen molar-refractivity contribution in [3.63, 3.8) is 0 Å². The van der Waals surface area contributed by atoms with Gasteiger partial charge in [0.1, 0.15) is 0 Å². The summed E-state index contributed by atoms with van der Waals surface area (Å²) in [5.41, 5.74) is 33.2. The average molecular weight is 1630 g/mol. The Labute approximate surface area is 714 Å². The summed E-state index contributed by atoms with van der Waals surface area (Å²) in [6.45, 7) is 9.57. The number of nitrogens with zero attached hydrogens (tertiary/aromatic N) is 7. The van der Waals surface area contributed by atoms with E-state index in [1.807, 2.05) is 0 Å². The normalized spacial score (nSPS) is 13.2. The number of para-hydroxylation sites is 12. The van der Waals surface area contributed by atoms with Crippen molar-refractivity contribution in [3.05, 3.63) is 439 Å². The predicted molar refractivity (Wildman–Crippen MR) is 517 cm³/mol. The van der Waals surface area contributed by atoms with Crippen LogP contribution in [0.5, 0.6) is 0 Å². The van der Waals surface area contributed by atoms with Gasteiger partial charge in [0.05, 0.1) is 83.3 Å². The molecular weight excluding hydrogens is 1550 g/mol. The van der Waals surface area contributed by atoms with Crippen LogP contribution in [0.3, 0.4) is 0 Å². The van der Waals surface area contributed by atoms with E-state index in [1.54, 1.807) is 0 Å². The number of hydrogen-bond acceptors (Lipinski definition) is 1. The maximum absolute atomic E-state index is 3.70. The largest absolute Gasteiger partial charge is 0.309 e. The Morgan fingerprint density at radius 3 is 0.820 bits per heavy atom. The molecule has 0 saturated carbocycles. The van der Waals surface area contributed by atoms with Crippen LogP contribution < -0.4 is 4.90 Å². The third-order valence-electron chi connectivity index (χ3n) is 26.3. The van der Waals surface area contributed by atoms with E-state index in [0.717, 1.165) is 21.5 Å². The van der Waals surface area contributed by atoms with Crippen LogP contribution in [0.2, 0.25) is 0 Å². The van der Waals surface area contributed by atoms with E-state index in [4.69, 9.17) is 0 Å². The summed E-state index contributed by atoms with van der Waals surface area (Å²) in [5.74, 6) is 0. The first-order chi connectivity index (χ1) is 60.0. The Balaban J connectivity index is 0.000000111. The fourth-order valence-corrected chi connectivity index (χ4v) is 21.2. The number of anilines is 3. The number of halogens is 1. The molecule has 578 valence electrons. The molecule has 2 aliphatic heterocycles. The molecule has 6 aromatic heterocycles. The zero-order chi connectivity index (χ0) is 81.2. The standard InChI is InChI=1S/C54H41N3.C30H19BrN2.C30H20N2/c1-53(2)42-21-12-14-25-48(42)57-49-31-27-35(33-45(49)54(3,4)44-23-15-22-43(53)52(44)57)34-26-30-47-41(32-34)40-29-28-39-38-20-11-13-24-46(38)55(36-16-7-5-8-17-36)50(39)51(40)56(47)37-18-9-6-10-19-37;31-20-15-18-28-26(19-20)25-17-16-24-23-13-7-8-14-27(23)32(21-9-3-1-4-10-21)29(24)30(25)33(28)22-11-5-2-6-12-22;1-3-11-21(12-4-1)31-27-17-9-7-15-23(27)25-19-20-26-24-16-8-10-18-28(24)32(30(26)29(25)31)22-13-5-2-6-14-22/h5-33H,1-4H3;1-19H;1-20H. The summed E-state index contributed by atoms with van der Waals surface area (Å²) in [6, 6.07) is 150. The molecular formula is C114H80BrN7. The molecule has 0 amide bonds. The van der Waals surface area contributed by atoms with Gasteiger partial charge in [-0.2, -0.15) is 0 Å². The SMILES string of the molecule is Brc1ccc2c(c1)c1ccc3c4ccccc4n(-c4ccccc4)c3c1n2-c1ccccc1.CC1(C)c2ccccc2N2c3ccc(-c4ccc5c(c4)c4ccc6c7ccccc7n(-c7ccccc7)c6c4n5-c4ccccc4)cc3C(C)(C)c3cccc1c32.c1ccc(-n2c3ccccc3c3ccc4c5ccccc5n(-c5ccccc5)c4c32)cc1. The molecule has 2 aliphatic rings. The highest BCUT2D eigenvalue weighted by atomic mass is 79.9. The second kappa shape index (κ2) is 27.6. The Kier molecular flexibility index (Phi) is 16.1. The first kappa shape index (κ1) is 71.2. The topological polar surface area (TPSA) is 32.8 Å². The van der Waals surface area contributed by atoms with Gasteiger partial charge in [0.2, 0.25) is 0 Å². The van der Waals surface area contributed by atoms with E-state index in [1.165, 1.54) is 198 Å². The van der Waals surface area contributed by atoms with Gasteiger partial charge in [0, 0.05) is 114 Å². The van der Waals surface area contributed by atoms with Crippen LogP contribution in [-0.2, 0) is 10.8 Å². The lowest BCUT2D eigenvalue weighted by atomic mass is 9.66. The summed E-state index contributed by atoms with van der Waals surface area (Å²) in [4.78, 5) is 2.55. The zero-order valence-electron chi connectivity index (χ0n) is 67.8. The Morgan fingerprint density at radius 2 is 0.451 bits per heavy atom. The second-order valence-corrected chi connectivity index (χ2v) is 34.5. The van der Waals surface area contributed by atoms with Crippen molar-refractivity contribution >= 4 is 164 Å². The van der Waals surface area contributed by atoms with Crippen molar-refractivity contribution in [1.82, 2.24) is 27.4 Å². The molecule has 0 atom stereocenters. The van der Waals surface area contributed by atoms with Gasteiger partial charge in [-0.05, 0) is 179 Å². The Bertz CT molecular complexity index is 8240. The molecule has 0 saturated heterocycles. The van der Waals surface area contributed by atoms with Crippen LogP contribution in [-0.4, -0.2) is 27.4 Å². The van der Waals surface area contributed by atoms with Gasteiger partial charge in [0.25, 0.3) is 0 Å². The number of fused-ring (bicyclic) bond motifs is 25. The molecule has 7 nitrogen and oxygen atoms in total. The number of hydrogen-bond donors (Lipinski definition) is 0. The molecule has 0 fully saturated rings. The van der Waals surface area contributed by atoms with Crippen molar-refractivity contribution < 1.29 is 0 Å². The summed E-state index contributed by atoms with van der Waals surface area (Å²) in [6.07, 6.45) is 0. The Hall–Kier alpha value is -15.0. The van der Waals surface area contributed by atoms with Crippen molar-refractivity contribution in [2.24, 2.45) is 0 Å². The lowest BCUT2D eigenvalue weighted by Gasteiger charge is -2.49. The van der Waals surface area contributed by atoms with E-state index >= 15 is 0 Å². The fourth-order valence-electron chi connectivity index (χ4n) is 20.9. The van der Waals surface area contributed by atoms with Crippen LogP contribution in [0.1, 0.15) is 49.9 Å². The van der Waals surface area contributed by atoms with Crippen molar-refractivity contribution in [3.8, 4) is 45.3 Å². The predicted octanol–water partition coefficient (Wildman–Crippen LogP) is 30.8. The molecule has 18 aromatic carbocycles. The molecule has 8 heterocycles. The third kappa shape index (κ3) is 10.6. The van der Waals surface area contributed by atoms with Gasteiger partial charge in [0.15, 0.2) is 0 Å². The van der Waals surface area contributed by atoms with Gasteiger partial charge < -0.3 is 32.3 Å². The highest BCUT2D eigenvalue weighted by Crippen LogP contribution is 2.61. The molecule has 0 spiro atoms. The minimum atomic E-state index is -0.195. The molecule has 24 aromatic rings. The lowest BCUT2D eigenvalue weighted by molar-refractivity contribution is 0.597. The maximum Gasteiger partial charge on any atom is 0.0788 e. The molecule has 8 heteroatoms. The van der Waals surface area contributed by atoms with Crippen molar-refractivity contribution in [2.75, 3.05) is 4.90 Å². The molecule has 0 bridgehead atoms. The first-order valence-corrected chi connectivity index (χ1v) is 43.0. The maximum atomic E-state index is 3.70. The van der Waals surface area contributed by atoms with Crippen molar-refractivity contribution in [1.29, 1.82) is 0 Å². The molecule has 26 rings (SSSR count). The highest BCUT2D eigenvalue weighted by Gasteiger charge is 2.45. The monoisotopic (exact) mass is 1630 g/mol. The van der Waals surface area contributed by atoms with Crippen LogP contribution in [0, 0.1) is 0 Å². The van der Waals surface area contributed by atoms with Crippen molar-refractivity contribution in [2.45, 2.75) is 38.5 Å². The van der Waals surface area contributed by atoms with E-state index < -0.39 is 0 Å². The van der Waals surface area contributed by atoms with Crippen LogP contribution in [0.15, 0.2) is 417 Å². The van der Waals surface area contributed by atoms with Gasteiger partial charge in [-0.15, -0.1) is 0 Å². The smallest absolute Gasteiger partial charge is 0.0788 e. The van der Waals surface area contributed by atoms with E-state index in [9.17, 15) is 0 Å². The minimum Gasteiger partial charge on any atom is -0.309 e. The van der Waals surface area contributed by atoms with Gasteiger partial charge in [-0.1, -0.05) is 311 Å². The minimum absolute atomic E-state index is 0.0959. The van der Waals surface area contributed by atoms with Crippen LogP contribution in [0.4, 0.5) is 17.1 Å². The third-order valence-corrected chi connectivity index (χ3v) is 26.8. The Morgan fingerprint density at radius 1 is 0.189 bits per heavy atom. The second-order valence-electron chi connectivity index (χ2n) is 33.6. The highest BCUT2D eigenvalue weighted by molar-refractivity contribution is 9.10. The quantitative estimate of drug-likeness (QED) is 0.157. The van der Waals surface area contributed by atoms with E-state index in [0.29, 0.717) is 0 Å².